The topological polar surface area (TPSA) is 59.8 Å². The molecular formula is C21H24N4OS2. The number of rotatable bonds is 8. The van der Waals surface area contributed by atoms with Gasteiger partial charge in [-0.05, 0) is 48.8 Å². The van der Waals surface area contributed by atoms with Gasteiger partial charge < -0.3 is 5.32 Å². The molecule has 0 saturated heterocycles. The molecule has 28 heavy (non-hydrogen) atoms. The van der Waals surface area contributed by atoms with E-state index in [1.807, 2.05) is 13.0 Å². The van der Waals surface area contributed by atoms with Crippen LogP contribution in [0.2, 0.25) is 0 Å². The van der Waals surface area contributed by atoms with E-state index in [-0.39, 0.29) is 11.9 Å². The number of benzene rings is 1. The maximum absolute atomic E-state index is 12.5. The Labute approximate surface area is 173 Å². The van der Waals surface area contributed by atoms with E-state index in [9.17, 15) is 4.79 Å². The minimum atomic E-state index is -0.0120. The molecule has 1 N–H and O–H groups in total. The number of thiophene rings is 1. The average Bonchev–Trinajstić information content (AvgIpc) is 3.23. The van der Waals surface area contributed by atoms with Gasteiger partial charge in [-0.3, -0.25) is 9.36 Å². The second kappa shape index (κ2) is 8.49. The van der Waals surface area contributed by atoms with Crippen LogP contribution in [0.5, 0.6) is 0 Å². The molecule has 1 aliphatic carbocycles. The molecule has 0 spiro atoms. The van der Waals surface area contributed by atoms with Crippen LogP contribution < -0.4 is 5.32 Å². The molecule has 2 heterocycles. The van der Waals surface area contributed by atoms with Crippen molar-refractivity contribution in [2.75, 3.05) is 5.75 Å². The Morgan fingerprint density at radius 3 is 2.71 bits per heavy atom. The lowest BCUT2D eigenvalue weighted by molar-refractivity contribution is -0.119. The number of carbonyl (C=O) groups is 1. The zero-order chi connectivity index (χ0) is 19.5. The third-order valence-corrected chi connectivity index (χ3v) is 6.72. The fourth-order valence-electron chi connectivity index (χ4n) is 3.15. The highest BCUT2D eigenvalue weighted by molar-refractivity contribution is 7.99. The van der Waals surface area contributed by atoms with E-state index < -0.39 is 0 Å². The zero-order valence-electron chi connectivity index (χ0n) is 16.1. The minimum absolute atomic E-state index is 0.0120. The summed E-state index contributed by atoms with van der Waals surface area (Å²) in [4.78, 5) is 13.6. The Bertz CT molecular complexity index is 930. The van der Waals surface area contributed by atoms with Gasteiger partial charge in [0, 0.05) is 6.04 Å². The van der Waals surface area contributed by atoms with Crippen LogP contribution >= 0.6 is 23.1 Å². The molecule has 0 aliphatic heterocycles. The van der Waals surface area contributed by atoms with Gasteiger partial charge in [-0.1, -0.05) is 49.0 Å². The maximum atomic E-state index is 12.5. The second-order valence-electron chi connectivity index (χ2n) is 7.06. The molecule has 3 aromatic rings. The van der Waals surface area contributed by atoms with Crippen LogP contribution in [0.15, 0.2) is 46.9 Å². The van der Waals surface area contributed by atoms with Gasteiger partial charge in [0.15, 0.2) is 11.0 Å². The van der Waals surface area contributed by atoms with Gasteiger partial charge in [0.25, 0.3) is 0 Å². The number of nitrogens with one attached hydrogen (secondary N) is 1. The molecule has 1 saturated carbocycles. The molecule has 0 bridgehead atoms. The summed E-state index contributed by atoms with van der Waals surface area (Å²) < 4.78 is 2.21. The molecule has 1 fully saturated rings. The Morgan fingerprint density at radius 1 is 1.29 bits per heavy atom. The summed E-state index contributed by atoms with van der Waals surface area (Å²) >= 11 is 3.14. The van der Waals surface area contributed by atoms with Crippen LogP contribution in [0.25, 0.3) is 10.7 Å². The highest BCUT2D eigenvalue weighted by Crippen LogP contribution is 2.41. The monoisotopic (exact) mass is 412 g/mol. The number of carbonyl (C=O) groups excluding carboxylic acids is 1. The number of thioether (sulfide) groups is 1. The van der Waals surface area contributed by atoms with Gasteiger partial charge in [0.05, 0.1) is 16.7 Å². The SMILES string of the molecule is CCc1ccc([C@@H](C)NC(=O)CSc2nnc(-c3cccs3)n2C2CC2)cc1. The fraction of sp³-hybridized carbons (Fsp3) is 0.381. The first-order valence-corrected chi connectivity index (χ1v) is 11.5. The number of nitrogens with zero attached hydrogens (tertiary/aromatic N) is 3. The van der Waals surface area contributed by atoms with Crippen molar-refractivity contribution in [3.8, 4) is 10.7 Å². The van der Waals surface area contributed by atoms with Crippen molar-refractivity contribution < 1.29 is 4.79 Å². The molecule has 1 aromatic carbocycles. The van der Waals surface area contributed by atoms with E-state index in [0.717, 1.165) is 40.7 Å². The summed E-state index contributed by atoms with van der Waals surface area (Å²) in [5, 5.41) is 14.7. The van der Waals surface area contributed by atoms with Gasteiger partial charge in [-0.15, -0.1) is 21.5 Å². The van der Waals surface area contributed by atoms with Gasteiger partial charge in [0.2, 0.25) is 5.91 Å². The second-order valence-corrected chi connectivity index (χ2v) is 8.95. The summed E-state index contributed by atoms with van der Waals surface area (Å²) in [6.07, 6.45) is 3.33. The fourth-order valence-corrected chi connectivity index (χ4v) is 4.67. The summed E-state index contributed by atoms with van der Waals surface area (Å²) in [6.45, 7) is 4.16. The average molecular weight is 413 g/mol. The van der Waals surface area contributed by atoms with Gasteiger partial charge in [-0.2, -0.15) is 0 Å². The molecule has 4 rings (SSSR count). The quantitative estimate of drug-likeness (QED) is 0.536. The predicted molar refractivity (Wildman–Crippen MR) is 115 cm³/mol. The third kappa shape index (κ3) is 4.31. The van der Waals surface area contributed by atoms with Crippen molar-refractivity contribution in [1.82, 2.24) is 20.1 Å². The van der Waals surface area contributed by atoms with E-state index >= 15 is 0 Å². The van der Waals surface area contributed by atoms with E-state index in [4.69, 9.17) is 0 Å². The first kappa shape index (κ1) is 19.2. The molecule has 146 valence electrons. The van der Waals surface area contributed by atoms with Crippen molar-refractivity contribution in [3.63, 3.8) is 0 Å². The lowest BCUT2D eigenvalue weighted by atomic mass is 10.1. The smallest absolute Gasteiger partial charge is 0.230 e. The van der Waals surface area contributed by atoms with Crippen LogP contribution in [-0.2, 0) is 11.2 Å². The lowest BCUT2D eigenvalue weighted by Crippen LogP contribution is -2.28. The minimum Gasteiger partial charge on any atom is -0.349 e. The Balaban J connectivity index is 1.38. The number of hydrogen-bond donors (Lipinski definition) is 1. The van der Waals surface area contributed by atoms with E-state index in [2.05, 4.69) is 62.7 Å². The Morgan fingerprint density at radius 2 is 2.07 bits per heavy atom. The molecule has 1 atom stereocenters. The number of hydrogen-bond acceptors (Lipinski definition) is 5. The molecule has 1 aliphatic rings. The van der Waals surface area contributed by atoms with E-state index in [1.54, 1.807) is 11.3 Å². The van der Waals surface area contributed by atoms with Crippen molar-refractivity contribution in [2.24, 2.45) is 0 Å². The summed E-state index contributed by atoms with van der Waals surface area (Å²) in [7, 11) is 0. The van der Waals surface area contributed by atoms with Gasteiger partial charge >= 0.3 is 0 Å². The number of aromatic nitrogens is 3. The van der Waals surface area contributed by atoms with Gasteiger partial charge in [0.1, 0.15) is 0 Å². The first-order valence-electron chi connectivity index (χ1n) is 9.65. The van der Waals surface area contributed by atoms with Crippen LogP contribution in [0.3, 0.4) is 0 Å². The standard InChI is InChI=1S/C21H24N4OS2/c1-3-15-6-8-16(9-7-15)14(2)22-19(26)13-28-21-24-23-20(18-5-4-12-27-18)25(21)17-10-11-17/h4-9,12,14,17H,3,10-11,13H2,1-2H3,(H,22,26)/t14-/m1/s1. The van der Waals surface area contributed by atoms with Crippen molar-refractivity contribution in [2.45, 2.75) is 50.4 Å². The van der Waals surface area contributed by atoms with E-state index in [1.165, 1.54) is 17.3 Å². The molecule has 5 nitrogen and oxygen atoms in total. The van der Waals surface area contributed by atoms with Crippen molar-refractivity contribution in [3.05, 3.63) is 52.9 Å². The molecule has 7 heteroatoms. The Hall–Kier alpha value is -2.12. The van der Waals surface area contributed by atoms with Crippen LogP contribution in [-0.4, -0.2) is 26.4 Å². The first-order chi connectivity index (χ1) is 13.7. The normalized spacial score (nSPS) is 14.8. The van der Waals surface area contributed by atoms with E-state index in [0.29, 0.717) is 11.8 Å². The summed E-state index contributed by atoms with van der Waals surface area (Å²) in [6, 6.07) is 13.0. The highest BCUT2D eigenvalue weighted by Gasteiger charge is 2.30. The van der Waals surface area contributed by atoms with Crippen LogP contribution in [0, 0.1) is 0 Å². The van der Waals surface area contributed by atoms with Crippen LogP contribution in [0.4, 0.5) is 0 Å². The van der Waals surface area contributed by atoms with Crippen molar-refractivity contribution >= 4 is 29.0 Å². The molecule has 0 radical (unpaired) electrons. The van der Waals surface area contributed by atoms with Crippen LogP contribution in [0.1, 0.15) is 49.9 Å². The zero-order valence-corrected chi connectivity index (χ0v) is 17.7. The summed E-state index contributed by atoms with van der Waals surface area (Å²) in [5.41, 5.74) is 2.43. The highest BCUT2D eigenvalue weighted by atomic mass is 32.2. The molecule has 0 unspecified atom stereocenters. The Kier molecular flexibility index (Phi) is 5.82. The number of aryl methyl sites for hydroxylation is 1. The van der Waals surface area contributed by atoms with Gasteiger partial charge in [-0.25, -0.2) is 0 Å². The maximum Gasteiger partial charge on any atom is 0.230 e. The third-order valence-electron chi connectivity index (χ3n) is 4.92. The predicted octanol–water partition coefficient (Wildman–Crippen LogP) is 4.87. The lowest BCUT2D eigenvalue weighted by Gasteiger charge is -2.15. The molecular weight excluding hydrogens is 388 g/mol. The largest absolute Gasteiger partial charge is 0.349 e. The van der Waals surface area contributed by atoms with Crippen molar-refractivity contribution in [1.29, 1.82) is 0 Å². The summed E-state index contributed by atoms with van der Waals surface area (Å²) in [5.74, 6) is 1.28. The number of amides is 1. The molecule has 2 aromatic heterocycles. The molecule has 1 amide bonds.